The Morgan fingerprint density at radius 3 is 2.50 bits per heavy atom. The molecule has 0 unspecified atom stereocenters. The van der Waals surface area contributed by atoms with Crippen molar-refractivity contribution in [3.8, 4) is 0 Å². The molecule has 5 nitrogen and oxygen atoms in total. The molecule has 3 aromatic rings. The van der Waals surface area contributed by atoms with Gasteiger partial charge in [-0.2, -0.15) is 0 Å². The summed E-state index contributed by atoms with van der Waals surface area (Å²) in [7, 11) is -2.09. The molecular weight excluding hydrogens is 333 g/mol. The summed E-state index contributed by atoms with van der Waals surface area (Å²) in [4.78, 5) is 11.7. The van der Waals surface area contributed by atoms with Gasteiger partial charge in [0.2, 0.25) is 0 Å². The Bertz CT molecular complexity index is 1110. The van der Waals surface area contributed by atoms with E-state index in [1.807, 2.05) is 0 Å². The van der Waals surface area contributed by atoms with Crippen LogP contribution < -0.4 is 5.76 Å². The van der Waals surface area contributed by atoms with E-state index in [0.717, 1.165) is 0 Å². The SMILES string of the molecule is Cc1cc(CS(=O)(=O)c2cc(C)c3c(c2)oc(=O)n3C)ccc1F. The summed E-state index contributed by atoms with van der Waals surface area (Å²) < 4.78 is 45.1. The number of sulfone groups is 1. The zero-order chi connectivity index (χ0) is 17.6. The van der Waals surface area contributed by atoms with Gasteiger partial charge >= 0.3 is 5.76 Å². The summed E-state index contributed by atoms with van der Waals surface area (Å²) in [5, 5.41) is 0. The van der Waals surface area contributed by atoms with E-state index in [2.05, 4.69) is 0 Å². The minimum absolute atomic E-state index is 0.0730. The molecule has 3 rings (SSSR count). The van der Waals surface area contributed by atoms with Crippen LogP contribution in [0.4, 0.5) is 4.39 Å². The molecule has 0 amide bonds. The minimum Gasteiger partial charge on any atom is -0.408 e. The van der Waals surface area contributed by atoms with Crippen LogP contribution >= 0.6 is 0 Å². The molecular formula is C17H16FNO4S. The molecule has 0 radical (unpaired) electrons. The van der Waals surface area contributed by atoms with E-state index < -0.39 is 15.6 Å². The summed E-state index contributed by atoms with van der Waals surface area (Å²) in [6.45, 7) is 3.30. The molecule has 7 heteroatoms. The molecule has 0 fully saturated rings. The third kappa shape index (κ3) is 2.75. The van der Waals surface area contributed by atoms with E-state index >= 15 is 0 Å². The fraction of sp³-hybridized carbons (Fsp3) is 0.235. The van der Waals surface area contributed by atoms with Crippen LogP contribution in [0.1, 0.15) is 16.7 Å². The number of halogens is 1. The number of fused-ring (bicyclic) bond motifs is 1. The second-order valence-electron chi connectivity index (χ2n) is 5.86. The lowest BCUT2D eigenvalue weighted by Gasteiger charge is -2.08. The number of nitrogens with zero attached hydrogens (tertiary/aromatic N) is 1. The molecule has 0 N–H and O–H groups in total. The Morgan fingerprint density at radius 1 is 1.12 bits per heavy atom. The zero-order valence-electron chi connectivity index (χ0n) is 13.5. The molecule has 24 heavy (non-hydrogen) atoms. The lowest BCUT2D eigenvalue weighted by Crippen LogP contribution is -2.09. The maximum absolute atomic E-state index is 13.3. The number of hydrogen-bond acceptors (Lipinski definition) is 4. The quantitative estimate of drug-likeness (QED) is 0.729. The van der Waals surface area contributed by atoms with Crippen molar-refractivity contribution in [3.05, 3.63) is 63.4 Å². The van der Waals surface area contributed by atoms with Crippen molar-refractivity contribution in [3.63, 3.8) is 0 Å². The van der Waals surface area contributed by atoms with Gasteiger partial charge < -0.3 is 4.42 Å². The van der Waals surface area contributed by atoms with Crippen molar-refractivity contribution >= 4 is 20.9 Å². The van der Waals surface area contributed by atoms with Crippen LogP contribution in [0.5, 0.6) is 0 Å². The minimum atomic E-state index is -3.65. The standard InChI is InChI=1S/C17H16FNO4S/c1-10-6-12(4-5-14(10)18)9-24(21,22)13-7-11(2)16-15(8-13)23-17(20)19(16)3/h4-8H,9H2,1-3H3. The number of rotatable bonds is 3. The third-order valence-corrected chi connectivity index (χ3v) is 5.65. The number of aromatic nitrogens is 1. The Hall–Kier alpha value is -2.41. The number of aryl methyl sites for hydroxylation is 3. The first-order valence-corrected chi connectivity index (χ1v) is 8.92. The van der Waals surface area contributed by atoms with Crippen LogP contribution in [-0.4, -0.2) is 13.0 Å². The molecule has 1 aromatic heterocycles. The van der Waals surface area contributed by atoms with Crippen molar-refractivity contribution in [1.82, 2.24) is 4.57 Å². The molecule has 0 aliphatic heterocycles. The maximum atomic E-state index is 13.3. The van der Waals surface area contributed by atoms with Gasteiger partial charge in [-0.05, 0) is 42.7 Å². The predicted molar refractivity (Wildman–Crippen MR) is 88.2 cm³/mol. The molecule has 0 aliphatic rings. The summed E-state index contributed by atoms with van der Waals surface area (Å²) in [5.41, 5.74) is 2.33. The van der Waals surface area contributed by atoms with Gasteiger partial charge in [-0.3, -0.25) is 4.57 Å². The highest BCUT2D eigenvalue weighted by molar-refractivity contribution is 7.90. The van der Waals surface area contributed by atoms with Gasteiger partial charge in [0.1, 0.15) is 5.82 Å². The zero-order valence-corrected chi connectivity index (χ0v) is 14.3. The fourth-order valence-corrected chi connectivity index (χ4v) is 4.18. The van der Waals surface area contributed by atoms with Crippen LogP contribution in [0.2, 0.25) is 0 Å². The predicted octanol–water partition coefficient (Wildman–Crippen LogP) is 2.86. The van der Waals surface area contributed by atoms with Crippen molar-refractivity contribution < 1.29 is 17.2 Å². The molecule has 0 saturated heterocycles. The van der Waals surface area contributed by atoms with Crippen molar-refractivity contribution in [1.29, 1.82) is 0 Å². The average molecular weight is 349 g/mol. The maximum Gasteiger partial charge on any atom is 0.419 e. The van der Waals surface area contributed by atoms with Crippen LogP contribution in [0.3, 0.4) is 0 Å². The summed E-state index contributed by atoms with van der Waals surface area (Å²) >= 11 is 0. The van der Waals surface area contributed by atoms with Gasteiger partial charge in [0.05, 0.1) is 16.2 Å². The van der Waals surface area contributed by atoms with Crippen LogP contribution in [0.15, 0.2) is 44.4 Å². The van der Waals surface area contributed by atoms with Crippen LogP contribution in [-0.2, 0) is 22.6 Å². The van der Waals surface area contributed by atoms with Crippen molar-refractivity contribution in [2.24, 2.45) is 7.05 Å². The van der Waals surface area contributed by atoms with E-state index in [1.165, 1.54) is 34.9 Å². The van der Waals surface area contributed by atoms with E-state index in [9.17, 15) is 17.6 Å². The monoisotopic (exact) mass is 349 g/mol. The number of hydrogen-bond donors (Lipinski definition) is 0. The molecule has 0 atom stereocenters. The summed E-state index contributed by atoms with van der Waals surface area (Å²) in [6, 6.07) is 7.10. The smallest absolute Gasteiger partial charge is 0.408 e. The van der Waals surface area contributed by atoms with Crippen molar-refractivity contribution in [2.75, 3.05) is 0 Å². The third-order valence-electron chi connectivity index (χ3n) is 3.98. The Kier molecular flexibility index (Phi) is 3.83. The first-order chi connectivity index (χ1) is 11.2. The number of oxazole rings is 1. The highest BCUT2D eigenvalue weighted by atomic mass is 32.2. The first-order valence-electron chi connectivity index (χ1n) is 7.27. The van der Waals surface area contributed by atoms with Gasteiger partial charge in [-0.25, -0.2) is 17.6 Å². The van der Waals surface area contributed by atoms with Gasteiger partial charge in [-0.15, -0.1) is 0 Å². The molecule has 2 aromatic carbocycles. The fourth-order valence-electron chi connectivity index (χ4n) is 2.76. The molecule has 126 valence electrons. The molecule has 0 bridgehead atoms. The molecule has 0 saturated carbocycles. The second-order valence-corrected chi connectivity index (χ2v) is 7.85. The largest absolute Gasteiger partial charge is 0.419 e. The van der Waals surface area contributed by atoms with Gasteiger partial charge in [0.25, 0.3) is 0 Å². The highest BCUT2D eigenvalue weighted by Gasteiger charge is 2.20. The summed E-state index contributed by atoms with van der Waals surface area (Å²) in [5.74, 6) is -1.17. The normalized spacial score (nSPS) is 12.0. The highest BCUT2D eigenvalue weighted by Crippen LogP contribution is 2.25. The first kappa shape index (κ1) is 16.4. The second kappa shape index (κ2) is 5.59. The Morgan fingerprint density at radius 2 is 1.83 bits per heavy atom. The Labute approximate surface area is 138 Å². The van der Waals surface area contributed by atoms with E-state index in [4.69, 9.17) is 4.42 Å². The number of benzene rings is 2. The van der Waals surface area contributed by atoms with E-state index in [-0.39, 0.29) is 22.0 Å². The van der Waals surface area contributed by atoms with Gasteiger partial charge in [0.15, 0.2) is 15.4 Å². The van der Waals surface area contributed by atoms with Crippen LogP contribution in [0, 0.1) is 19.7 Å². The van der Waals surface area contributed by atoms with Gasteiger partial charge in [0, 0.05) is 13.1 Å². The van der Waals surface area contributed by atoms with E-state index in [0.29, 0.717) is 22.2 Å². The molecule has 1 heterocycles. The van der Waals surface area contributed by atoms with E-state index in [1.54, 1.807) is 20.9 Å². The van der Waals surface area contributed by atoms with Gasteiger partial charge in [-0.1, -0.05) is 12.1 Å². The molecule has 0 spiro atoms. The molecule has 0 aliphatic carbocycles. The lowest BCUT2D eigenvalue weighted by molar-refractivity contribution is 0.527. The van der Waals surface area contributed by atoms with Crippen LogP contribution in [0.25, 0.3) is 11.1 Å². The van der Waals surface area contributed by atoms with Crippen molar-refractivity contribution in [2.45, 2.75) is 24.5 Å². The lowest BCUT2D eigenvalue weighted by atomic mass is 10.1. The summed E-state index contributed by atoms with van der Waals surface area (Å²) in [6.07, 6.45) is 0. The Balaban J connectivity index is 2.08. The topological polar surface area (TPSA) is 69.3 Å². The average Bonchev–Trinajstić information content (AvgIpc) is 2.78.